The van der Waals surface area contributed by atoms with Gasteiger partial charge >= 0.3 is 11.9 Å². The van der Waals surface area contributed by atoms with Crippen molar-refractivity contribution in [2.75, 3.05) is 13.2 Å². The second-order valence-electron chi connectivity index (χ2n) is 12.6. The molecule has 0 aromatic rings. The first-order valence-corrected chi connectivity index (χ1v) is 19.5. The number of carbonyl (C=O) groups is 2. The standard InChI is InChI=1S/C43H72O5/c1-3-5-7-9-11-13-15-17-19-20-21-22-24-25-27-29-31-33-35-37-42(45)47-40-41(39-44)48-43(46)38-36-34-32-30-28-26-23-18-16-14-12-10-8-6-4-2/h6,8,11-14,17-19,23,28,30,41,44H,3-5,7,9-10,15-16,20-22,24-27,29,31-40H2,1-2H3/t41-/m0/s1. The summed E-state index contributed by atoms with van der Waals surface area (Å²) in [5.74, 6) is -0.650. The van der Waals surface area contributed by atoms with Crippen molar-refractivity contribution in [3.8, 4) is 0 Å². The van der Waals surface area contributed by atoms with Crippen LogP contribution < -0.4 is 0 Å². The first kappa shape index (κ1) is 45.3. The van der Waals surface area contributed by atoms with E-state index in [1.54, 1.807) is 0 Å². The van der Waals surface area contributed by atoms with E-state index in [1.807, 2.05) is 0 Å². The van der Waals surface area contributed by atoms with Crippen LogP contribution in [0, 0.1) is 0 Å². The van der Waals surface area contributed by atoms with Gasteiger partial charge in [0.2, 0.25) is 0 Å². The van der Waals surface area contributed by atoms with Crippen molar-refractivity contribution in [1.82, 2.24) is 0 Å². The summed E-state index contributed by atoms with van der Waals surface area (Å²) < 4.78 is 10.6. The Morgan fingerprint density at radius 2 is 0.896 bits per heavy atom. The molecule has 0 fully saturated rings. The van der Waals surface area contributed by atoms with Crippen molar-refractivity contribution in [1.29, 1.82) is 0 Å². The SMILES string of the molecule is CCC=CCC=CCC=CCC=CCCCCC(=O)O[C@@H](CO)COC(=O)CCCCCCCCCCCC=CCC=CCCCCC. The number of carbonyl (C=O) groups excluding carboxylic acids is 2. The monoisotopic (exact) mass is 669 g/mol. The van der Waals surface area contributed by atoms with Gasteiger partial charge in [0.1, 0.15) is 6.61 Å². The number of aliphatic hydroxyl groups is 1. The Morgan fingerprint density at radius 1 is 0.500 bits per heavy atom. The first-order valence-electron chi connectivity index (χ1n) is 19.5. The van der Waals surface area contributed by atoms with E-state index in [-0.39, 0.29) is 25.2 Å². The summed E-state index contributed by atoms with van der Waals surface area (Å²) in [4.78, 5) is 24.2. The highest BCUT2D eigenvalue weighted by Gasteiger charge is 2.16. The van der Waals surface area contributed by atoms with Gasteiger partial charge in [-0.15, -0.1) is 0 Å². The maximum Gasteiger partial charge on any atom is 0.306 e. The number of esters is 2. The average Bonchev–Trinajstić information content (AvgIpc) is 3.09. The van der Waals surface area contributed by atoms with Gasteiger partial charge in [-0.1, -0.05) is 145 Å². The summed E-state index contributed by atoms with van der Waals surface area (Å²) in [5, 5.41) is 9.54. The number of ether oxygens (including phenoxy) is 2. The number of allylic oxidation sites excluding steroid dienone is 12. The fourth-order valence-corrected chi connectivity index (χ4v) is 5.04. The largest absolute Gasteiger partial charge is 0.462 e. The number of rotatable bonds is 34. The molecule has 0 bridgehead atoms. The van der Waals surface area contributed by atoms with Crippen LogP contribution in [0.25, 0.3) is 0 Å². The van der Waals surface area contributed by atoms with Crippen LogP contribution in [-0.2, 0) is 19.1 Å². The van der Waals surface area contributed by atoms with Gasteiger partial charge in [-0.25, -0.2) is 0 Å². The van der Waals surface area contributed by atoms with Gasteiger partial charge in [0.25, 0.3) is 0 Å². The van der Waals surface area contributed by atoms with Gasteiger partial charge in [0.05, 0.1) is 6.61 Å². The molecule has 0 aromatic heterocycles. The molecule has 1 N–H and O–H groups in total. The Bertz CT molecular complexity index is 895. The Hall–Kier alpha value is -2.66. The maximum absolute atomic E-state index is 12.1. The molecule has 0 heterocycles. The number of hydrogen-bond acceptors (Lipinski definition) is 5. The smallest absolute Gasteiger partial charge is 0.306 e. The third-order valence-corrected chi connectivity index (χ3v) is 7.98. The summed E-state index contributed by atoms with van der Waals surface area (Å²) in [6, 6.07) is 0. The van der Waals surface area contributed by atoms with Crippen LogP contribution in [0.2, 0.25) is 0 Å². The van der Waals surface area contributed by atoms with Crippen LogP contribution in [0.15, 0.2) is 72.9 Å². The highest BCUT2D eigenvalue weighted by atomic mass is 16.6. The van der Waals surface area contributed by atoms with E-state index in [9.17, 15) is 14.7 Å². The van der Waals surface area contributed by atoms with Crippen molar-refractivity contribution < 1.29 is 24.2 Å². The van der Waals surface area contributed by atoms with Crippen molar-refractivity contribution in [2.45, 2.75) is 174 Å². The molecule has 0 amide bonds. The van der Waals surface area contributed by atoms with Crippen LogP contribution in [0.3, 0.4) is 0 Å². The Labute approximate surface area is 295 Å². The van der Waals surface area contributed by atoms with E-state index in [4.69, 9.17) is 9.47 Å². The topological polar surface area (TPSA) is 72.8 Å². The zero-order valence-electron chi connectivity index (χ0n) is 31.0. The lowest BCUT2D eigenvalue weighted by atomic mass is 10.1. The Kier molecular flexibility index (Phi) is 36.6. The first-order chi connectivity index (χ1) is 23.6. The predicted molar refractivity (Wildman–Crippen MR) is 205 cm³/mol. The molecule has 0 spiro atoms. The Balaban J connectivity index is 3.64. The minimum Gasteiger partial charge on any atom is -0.462 e. The molecule has 0 aliphatic rings. The molecular weight excluding hydrogens is 596 g/mol. The quantitative estimate of drug-likeness (QED) is 0.0420. The van der Waals surface area contributed by atoms with E-state index in [1.165, 1.54) is 70.6 Å². The van der Waals surface area contributed by atoms with Gasteiger partial charge < -0.3 is 14.6 Å². The van der Waals surface area contributed by atoms with Gasteiger partial charge in [-0.3, -0.25) is 9.59 Å². The molecule has 0 unspecified atom stereocenters. The minimum absolute atomic E-state index is 0.0883. The number of unbranched alkanes of at least 4 members (excludes halogenated alkanes) is 14. The van der Waals surface area contributed by atoms with Crippen molar-refractivity contribution in [2.24, 2.45) is 0 Å². The van der Waals surface area contributed by atoms with Crippen LogP contribution >= 0.6 is 0 Å². The van der Waals surface area contributed by atoms with E-state index in [2.05, 4.69) is 86.8 Å². The van der Waals surface area contributed by atoms with Gasteiger partial charge in [0, 0.05) is 12.8 Å². The minimum atomic E-state index is -0.797. The molecule has 274 valence electrons. The van der Waals surface area contributed by atoms with Crippen LogP contribution in [-0.4, -0.2) is 36.4 Å². The van der Waals surface area contributed by atoms with Crippen molar-refractivity contribution in [3.05, 3.63) is 72.9 Å². The van der Waals surface area contributed by atoms with E-state index in [0.29, 0.717) is 12.8 Å². The van der Waals surface area contributed by atoms with Crippen LogP contribution in [0.5, 0.6) is 0 Å². The average molecular weight is 669 g/mol. The van der Waals surface area contributed by atoms with Crippen molar-refractivity contribution >= 4 is 11.9 Å². The Morgan fingerprint density at radius 3 is 1.40 bits per heavy atom. The molecule has 0 aliphatic heterocycles. The second kappa shape index (κ2) is 38.8. The lowest BCUT2D eigenvalue weighted by Crippen LogP contribution is -2.28. The van der Waals surface area contributed by atoms with Gasteiger partial charge in [0.15, 0.2) is 6.10 Å². The summed E-state index contributed by atoms with van der Waals surface area (Å²) in [6.45, 7) is 3.95. The zero-order valence-corrected chi connectivity index (χ0v) is 31.0. The maximum atomic E-state index is 12.1. The molecule has 5 heteroatoms. The summed E-state index contributed by atoms with van der Waals surface area (Å²) in [7, 11) is 0. The molecule has 1 atom stereocenters. The summed E-state index contributed by atoms with van der Waals surface area (Å²) in [6.07, 6.45) is 51.0. The number of hydrogen-bond donors (Lipinski definition) is 1. The van der Waals surface area contributed by atoms with E-state index < -0.39 is 6.10 Å². The molecule has 0 aromatic carbocycles. The molecule has 0 saturated carbocycles. The zero-order chi connectivity index (χ0) is 35.0. The van der Waals surface area contributed by atoms with E-state index >= 15 is 0 Å². The van der Waals surface area contributed by atoms with Crippen LogP contribution in [0.4, 0.5) is 0 Å². The number of aliphatic hydroxyl groups excluding tert-OH is 1. The molecule has 0 rings (SSSR count). The molecular formula is C43H72O5. The van der Waals surface area contributed by atoms with Gasteiger partial charge in [-0.2, -0.15) is 0 Å². The normalized spacial score (nSPS) is 13.0. The third kappa shape index (κ3) is 36.2. The highest BCUT2D eigenvalue weighted by molar-refractivity contribution is 5.70. The summed E-state index contributed by atoms with van der Waals surface area (Å²) in [5.41, 5.74) is 0. The van der Waals surface area contributed by atoms with Gasteiger partial charge in [-0.05, 0) is 83.5 Å². The molecule has 0 aliphatic carbocycles. The lowest BCUT2D eigenvalue weighted by molar-refractivity contribution is -0.161. The molecule has 5 nitrogen and oxygen atoms in total. The molecule has 0 saturated heterocycles. The second-order valence-corrected chi connectivity index (χ2v) is 12.6. The molecule has 48 heavy (non-hydrogen) atoms. The van der Waals surface area contributed by atoms with Crippen LogP contribution in [0.1, 0.15) is 168 Å². The lowest BCUT2D eigenvalue weighted by Gasteiger charge is -2.15. The fourth-order valence-electron chi connectivity index (χ4n) is 5.04. The summed E-state index contributed by atoms with van der Waals surface area (Å²) >= 11 is 0. The third-order valence-electron chi connectivity index (χ3n) is 7.98. The fraction of sp³-hybridized carbons (Fsp3) is 0.674. The highest BCUT2D eigenvalue weighted by Crippen LogP contribution is 2.12. The van der Waals surface area contributed by atoms with Crippen molar-refractivity contribution in [3.63, 3.8) is 0 Å². The van der Waals surface area contributed by atoms with E-state index in [0.717, 1.165) is 70.6 Å². The molecule has 0 radical (unpaired) electrons. The predicted octanol–water partition coefficient (Wildman–Crippen LogP) is 12.2.